The third kappa shape index (κ3) is 4.38. The van der Waals surface area contributed by atoms with Gasteiger partial charge in [-0.3, -0.25) is 0 Å². The topological polar surface area (TPSA) is 100 Å². The normalized spacial score (nSPS) is 19.5. The minimum absolute atomic E-state index is 0.0940. The van der Waals surface area contributed by atoms with Crippen molar-refractivity contribution in [3.63, 3.8) is 0 Å². The van der Waals surface area contributed by atoms with Crippen molar-refractivity contribution < 1.29 is 18.3 Å². The van der Waals surface area contributed by atoms with Gasteiger partial charge in [-0.15, -0.1) is 0 Å². The van der Waals surface area contributed by atoms with Crippen LogP contribution in [0, 0.1) is 0 Å². The Labute approximate surface area is 123 Å². The molecule has 1 saturated heterocycles. The van der Waals surface area contributed by atoms with Gasteiger partial charge in [-0.25, -0.2) is 23.2 Å². The highest BCUT2D eigenvalue weighted by Crippen LogP contribution is 2.24. The number of hydrogen-bond acceptors (Lipinski definition) is 6. The van der Waals surface area contributed by atoms with Gasteiger partial charge in [0.05, 0.1) is 18.1 Å². The van der Waals surface area contributed by atoms with Crippen LogP contribution in [0.25, 0.3) is 0 Å². The number of carbonyl (C=O) groups is 1. The third-order valence-corrected chi connectivity index (χ3v) is 4.58. The summed E-state index contributed by atoms with van der Waals surface area (Å²) in [5, 5.41) is 8.83. The number of piperidine rings is 1. The second-order valence-electron chi connectivity index (χ2n) is 5.33. The van der Waals surface area contributed by atoms with Crippen LogP contribution in [-0.4, -0.2) is 54.1 Å². The molecule has 0 aliphatic carbocycles. The van der Waals surface area contributed by atoms with Crippen LogP contribution in [0.3, 0.4) is 0 Å². The van der Waals surface area contributed by atoms with Gasteiger partial charge in [-0.05, 0) is 25.7 Å². The first kappa shape index (κ1) is 15.7. The molecule has 0 aromatic carbocycles. The zero-order valence-corrected chi connectivity index (χ0v) is 12.7. The molecular formula is C13H19N3O4S. The third-order valence-electron chi connectivity index (χ3n) is 3.60. The molecule has 0 saturated carbocycles. The number of aromatic nitrogens is 2. The monoisotopic (exact) mass is 313 g/mol. The van der Waals surface area contributed by atoms with Crippen molar-refractivity contribution in [1.82, 2.24) is 9.97 Å². The Kier molecular flexibility index (Phi) is 4.76. The van der Waals surface area contributed by atoms with Crippen molar-refractivity contribution in [1.29, 1.82) is 0 Å². The second-order valence-corrected chi connectivity index (χ2v) is 7.59. The molecule has 8 heteroatoms. The highest BCUT2D eigenvalue weighted by Gasteiger charge is 2.25. The number of carboxylic acid groups (broad SMARTS) is 1. The van der Waals surface area contributed by atoms with E-state index in [1.165, 1.54) is 18.6 Å². The molecule has 1 unspecified atom stereocenters. The van der Waals surface area contributed by atoms with E-state index in [-0.39, 0.29) is 17.5 Å². The smallest absolute Gasteiger partial charge is 0.356 e. The van der Waals surface area contributed by atoms with Gasteiger partial charge in [-0.2, -0.15) is 0 Å². The summed E-state index contributed by atoms with van der Waals surface area (Å²) in [7, 11) is -2.99. The van der Waals surface area contributed by atoms with Crippen LogP contribution in [0.4, 0.5) is 5.82 Å². The Bertz CT molecular complexity index is 600. The SMILES string of the molecule is CS(=O)(=O)CCC1CCCCN1c1cnc(C(=O)O)cn1. The molecule has 0 spiro atoms. The Morgan fingerprint density at radius 1 is 1.38 bits per heavy atom. The summed E-state index contributed by atoms with van der Waals surface area (Å²) in [6, 6.07) is 0.110. The number of aromatic carboxylic acids is 1. The molecule has 0 radical (unpaired) electrons. The minimum atomic E-state index is -2.99. The molecule has 2 rings (SSSR count). The van der Waals surface area contributed by atoms with Crippen LogP contribution in [0.2, 0.25) is 0 Å². The number of rotatable bonds is 5. The lowest BCUT2D eigenvalue weighted by Crippen LogP contribution is -2.41. The zero-order chi connectivity index (χ0) is 15.5. The van der Waals surface area contributed by atoms with Crippen molar-refractivity contribution in [2.75, 3.05) is 23.5 Å². The molecule has 1 aliphatic rings. The van der Waals surface area contributed by atoms with Gasteiger partial charge in [0.15, 0.2) is 5.69 Å². The predicted octanol–water partition coefficient (Wildman–Crippen LogP) is 0.968. The van der Waals surface area contributed by atoms with E-state index in [0.717, 1.165) is 25.8 Å². The van der Waals surface area contributed by atoms with Crippen LogP contribution in [-0.2, 0) is 9.84 Å². The molecule has 7 nitrogen and oxygen atoms in total. The minimum Gasteiger partial charge on any atom is -0.476 e. The van der Waals surface area contributed by atoms with Crippen molar-refractivity contribution in [3.8, 4) is 0 Å². The van der Waals surface area contributed by atoms with Gasteiger partial charge in [-0.1, -0.05) is 0 Å². The number of carboxylic acids is 1. The highest BCUT2D eigenvalue weighted by atomic mass is 32.2. The first-order valence-corrected chi connectivity index (χ1v) is 8.92. The fraction of sp³-hybridized carbons (Fsp3) is 0.615. The molecular weight excluding hydrogens is 294 g/mol. The van der Waals surface area contributed by atoms with Crippen molar-refractivity contribution in [3.05, 3.63) is 18.1 Å². The van der Waals surface area contributed by atoms with Crippen LogP contribution in [0.1, 0.15) is 36.2 Å². The van der Waals surface area contributed by atoms with E-state index in [1.807, 2.05) is 4.90 Å². The average Bonchev–Trinajstić information content (AvgIpc) is 2.45. The largest absolute Gasteiger partial charge is 0.476 e. The molecule has 21 heavy (non-hydrogen) atoms. The van der Waals surface area contributed by atoms with Gasteiger partial charge in [0.2, 0.25) is 0 Å². The van der Waals surface area contributed by atoms with E-state index >= 15 is 0 Å². The Morgan fingerprint density at radius 3 is 2.71 bits per heavy atom. The van der Waals surface area contributed by atoms with E-state index in [2.05, 4.69) is 9.97 Å². The summed E-state index contributed by atoms with van der Waals surface area (Å²) in [5.41, 5.74) is -0.0940. The highest BCUT2D eigenvalue weighted by molar-refractivity contribution is 7.90. The first-order chi connectivity index (χ1) is 9.87. The number of hydrogen-bond donors (Lipinski definition) is 1. The van der Waals surface area contributed by atoms with Crippen molar-refractivity contribution >= 4 is 21.6 Å². The Hall–Kier alpha value is -1.70. The van der Waals surface area contributed by atoms with Crippen LogP contribution in [0.5, 0.6) is 0 Å². The van der Waals surface area contributed by atoms with E-state index in [1.54, 1.807) is 0 Å². The Morgan fingerprint density at radius 2 is 2.14 bits per heavy atom. The molecule has 1 atom stereocenters. The van der Waals surface area contributed by atoms with Crippen molar-refractivity contribution in [2.24, 2.45) is 0 Å². The fourth-order valence-corrected chi connectivity index (χ4v) is 3.23. The van der Waals surface area contributed by atoms with E-state index < -0.39 is 15.8 Å². The van der Waals surface area contributed by atoms with E-state index in [9.17, 15) is 13.2 Å². The van der Waals surface area contributed by atoms with Gasteiger partial charge < -0.3 is 10.0 Å². The number of sulfone groups is 1. The van der Waals surface area contributed by atoms with E-state index in [4.69, 9.17) is 5.11 Å². The first-order valence-electron chi connectivity index (χ1n) is 6.86. The summed E-state index contributed by atoms with van der Waals surface area (Å²) in [4.78, 5) is 20.8. The van der Waals surface area contributed by atoms with Gasteiger partial charge in [0, 0.05) is 18.8 Å². The summed E-state index contributed by atoms with van der Waals surface area (Å²) >= 11 is 0. The fourth-order valence-electron chi connectivity index (χ4n) is 2.53. The maximum Gasteiger partial charge on any atom is 0.356 e. The molecule has 1 aromatic rings. The summed E-state index contributed by atoms with van der Waals surface area (Å²) in [5.74, 6) is -0.353. The molecule has 1 N–H and O–H groups in total. The molecule has 1 fully saturated rings. The lowest BCUT2D eigenvalue weighted by molar-refractivity contribution is 0.0690. The lowest BCUT2D eigenvalue weighted by Gasteiger charge is -2.36. The maximum absolute atomic E-state index is 11.3. The second kappa shape index (κ2) is 6.38. The number of anilines is 1. The Balaban J connectivity index is 2.12. The summed E-state index contributed by atoms with van der Waals surface area (Å²) in [6.45, 7) is 0.787. The zero-order valence-electron chi connectivity index (χ0n) is 11.9. The average molecular weight is 313 g/mol. The van der Waals surface area contributed by atoms with Crippen LogP contribution >= 0.6 is 0 Å². The van der Waals surface area contributed by atoms with Crippen LogP contribution < -0.4 is 4.90 Å². The van der Waals surface area contributed by atoms with E-state index in [0.29, 0.717) is 12.2 Å². The van der Waals surface area contributed by atoms with Gasteiger partial charge >= 0.3 is 5.97 Å². The molecule has 1 aromatic heterocycles. The quantitative estimate of drug-likeness (QED) is 0.864. The lowest BCUT2D eigenvalue weighted by atomic mass is 10.0. The van der Waals surface area contributed by atoms with Gasteiger partial charge in [0.1, 0.15) is 15.7 Å². The van der Waals surface area contributed by atoms with Gasteiger partial charge in [0.25, 0.3) is 0 Å². The molecule has 116 valence electrons. The van der Waals surface area contributed by atoms with Crippen LogP contribution in [0.15, 0.2) is 12.4 Å². The van der Waals surface area contributed by atoms with Crippen molar-refractivity contribution in [2.45, 2.75) is 31.7 Å². The molecule has 1 aliphatic heterocycles. The summed E-state index contributed by atoms with van der Waals surface area (Å²) in [6.07, 6.45) is 7.46. The summed E-state index contributed by atoms with van der Waals surface area (Å²) < 4.78 is 22.6. The molecule has 0 bridgehead atoms. The number of nitrogens with zero attached hydrogens (tertiary/aromatic N) is 3. The predicted molar refractivity (Wildman–Crippen MR) is 78.3 cm³/mol. The standard InChI is InChI=1S/C13H19N3O4S/c1-21(19,20)7-5-10-4-2-3-6-16(10)12-9-14-11(8-15-12)13(17)18/h8-10H,2-7H2,1H3,(H,17,18). The molecule has 2 heterocycles. The molecule has 0 amide bonds. The maximum atomic E-state index is 11.3.